The third-order valence-electron chi connectivity index (χ3n) is 1.84. The van der Waals surface area contributed by atoms with Crippen LogP contribution in [0.25, 0.3) is 0 Å². The van der Waals surface area contributed by atoms with E-state index in [1.165, 1.54) is 0 Å². The number of nitrogens with one attached hydrogen (secondary N) is 1. The maximum absolute atomic E-state index is 8.69. The Labute approximate surface area is 80.2 Å². The molecule has 0 aliphatic carbocycles. The van der Waals surface area contributed by atoms with Gasteiger partial charge < -0.3 is 19.9 Å². The lowest BCUT2D eigenvalue weighted by molar-refractivity contribution is 0.0831. The van der Waals surface area contributed by atoms with Crippen LogP contribution < -0.4 is 5.32 Å². The van der Waals surface area contributed by atoms with Crippen molar-refractivity contribution in [2.24, 2.45) is 0 Å². The highest BCUT2D eigenvalue weighted by atomic mass is 16.5. The van der Waals surface area contributed by atoms with Crippen LogP contribution in [0.1, 0.15) is 12.8 Å². The summed E-state index contributed by atoms with van der Waals surface area (Å²) in [6.45, 7) is 2.31. The van der Waals surface area contributed by atoms with Crippen LogP contribution >= 0.6 is 0 Å². The fourth-order valence-electron chi connectivity index (χ4n) is 0.998. The third kappa shape index (κ3) is 8.18. The van der Waals surface area contributed by atoms with E-state index in [4.69, 9.17) is 14.6 Å². The van der Waals surface area contributed by atoms with Crippen molar-refractivity contribution in [1.82, 2.24) is 5.32 Å². The minimum atomic E-state index is 0.201. The molecule has 0 aromatic heterocycles. The molecule has 0 fully saturated rings. The second-order valence-electron chi connectivity index (χ2n) is 2.92. The molecule has 0 radical (unpaired) electrons. The largest absolute Gasteiger partial charge is 0.396 e. The van der Waals surface area contributed by atoms with Crippen LogP contribution in [0, 0.1) is 0 Å². The first kappa shape index (κ1) is 12.8. The van der Waals surface area contributed by atoms with Crippen LogP contribution in [-0.4, -0.2) is 51.7 Å². The second kappa shape index (κ2) is 9.92. The zero-order valence-corrected chi connectivity index (χ0v) is 8.58. The molecule has 0 saturated heterocycles. The number of aliphatic hydroxyl groups excluding tert-OH is 1. The predicted molar refractivity (Wildman–Crippen MR) is 51.9 cm³/mol. The lowest BCUT2D eigenvalue weighted by Gasteiger charge is -2.14. The number of aliphatic hydroxyl groups is 1. The molecule has 0 aliphatic heterocycles. The van der Waals surface area contributed by atoms with Gasteiger partial charge in [0.2, 0.25) is 0 Å². The Balaban J connectivity index is 3.17. The van der Waals surface area contributed by atoms with E-state index < -0.39 is 0 Å². The van der Waals surface area contributed by atoms with Crippen LogP contribution in [0.2, 0.25) is 0 Å². The Bertz CT molecular complexity index is 101. The van der Waals surface area contributed by atoms with Crippen molar-refractivity contribution in [2.75, 3.05) is 40.6 Å². The average molecular weight is 191 g/mol. The molecule has 0 rings (SSSR count). The van der Waals surface area contributed by atoms with Crippen molar-refractivity contribution in [2.45, 2.75) is 18.9 Å². The van der Waals surface area contributed by atoms with Gasteiger partial charge >= 0.3 is 0 Å². The van der Waals surface area contributed by atoms with Crippen molar-refractivity contribution in [3.63, 3.8) is 0 Å². The van der Waals surface area contributed by atoms with E-state index in [2.05, 4.69) is 5.32 Å². The van der Waals surface area contributed by atoms with E-state index in [0.29, 0.717) is 6.61 Å². The standard InChI is InChI=1S/C9H21NO3/c1-10-9(4-5-11)8-13-7-3-6-12-2/h9-11H,3-8H2,1-2H3. The second-order valence-corrected chi connectivity index (χ2v) is 2.92. The summed E-state index contributed by atoms with van der Waals surface area (Å²) in [5.41, 5.74) is 0. The molecule has 4 nitrogen and oxygen atoms in total. The predicted octanol–water partition coefficient (Wildman–Crippen LogP) is 0.00990. The lowest BCUT2D eigenvalue weighted by Crippen LogP contribution is -2.31. The third-order valence-corrected chi connectivity index (χ3v) is 1.84. The average Bonchev–Trinajstić information content (AvgIpc) is 2.16. The first-order chi connectivity index (χ1) is 6.35. The highest BCUT2D eigenvalue weighted by molar-refractivity contribution is 4.61. The SMILES string of the molecule is CNC(CCO)COCCCOC. The summed E-state index contributed by atoms with van der Waals surface area (Å²) in [7, 11) is 3.56. The Morgan fingerprint density at radius 2 is 2.15 bits per heavy atom. The molecule has 2 N–H and O–H groups in total. The van der Waals surface area contributed by atoms with Crippen LogP contribution in [0.4, 0.5) is 0 Å². The van der Waals surface area contributed by atoms with Crippen molar-refractivity contribution >= 4 is 0 Å². The zero-order valence-electron chi connectivity index (χ0n) is 8.58. The number of hydrogen-bond donors (Lipinski definition) is 2. The molecule has 0 spiro atoms. The molecule has 1 atom stereocenters. The molecule has 4 heteroatoms. The monoisotopic (exact) mass is 191 g/mol. The van der Waals surface area contributed by atoms with Gasteiger partial charge in [-0.2, -0.15) is 0 Å². The molecule has 1 unspecified atom stereocenters. The fourth-order valence-corrected chi connectivity index (χ4v) is 0.998. The van der Waals surface area contributed by atoms with Crippen LogP contribution in [0.3, 0.4) is 0 Å². The van der Waals surface area contributed by atoms with Gasteiger partial charge in [0.1, 0.15) is 0 Å². The van der Waals surface area contributed by atoms with Crippen LogP contribution in [0.5, 0.6) is 0 Å². The lowest BCUT2D eigenvalue weighted by atomic mass is 10.2. The van der Waals surface area contributed by atoms with E-state index in [9.17, 15) is 0 Å². The highest BCUT2D eigenvalue weighted by Crippen LogP contribution is 1.92. The zero-order chi connectivity index (χ0) is 9.94. The van der Waals surface area contributed by atoms with Gasteiger partial charge in [-0.1, -0.05) is 0 Å². The maximum Gasteiger partial charge on any atom is 0.0620 e. The smallest absolute Gasteiger partial charge is 0.0620 e. The topological polar surface area (TPSA) is 50.7 Å². The van der Waals surface area contributed by atoms with Gasteiger partial charge in [0.05, 0.1) is 6.61 Å². The minimum Gasteiger partial charge on any atom is -0.396 e. The molecule has 0 saturated carbocycles. The summed E-state index contributed by atoms with van der Waals surface area (Å²) in [6.07, 6.45) is 1.66. The van der Waals surface area contributed by atoms with Crippen molar-refractivity contribution in [3.05, 3.63) is 0 Å². The summed E-state index contributed by atoms with van der Waals surface area (Å²) in [5, 5.41) is 11.8. The minimum absolute atomic E-state index is 0.201. The molecule has 0 amide bonds. The van der Waals surface area contributed by atoms with Gasteiger partial charge in [-0.3, -0.25) is 0 Å². The van der Waals surface area contributed by atoms with Crippen LogP contribution in [0.15, 0.2) is 0 Å². The molecule has 13 heavy (non-hydrogen) atoms. The summed E-state index contributed by atoms with van der Waals surface area (Å²) in [6, 6.07) is 0.257. The van der Waals surface area contributed by atoms with Gasteiger partial charge in [-0.15, -0.1) is 0 Å². The van der Waals surface area contributed by atoms with Crippen LogP contribution in [-0.2, 0) is 9.47 Å². The molecule has 0 aromatic carbocycles. The summed E-state index contributed by atoms with van der Waals surface area (Å²) < 4.78 is 10.3. The fraction of sp³-hybridized carbons (Fsp3) is 1.00. The highest BCUT2D eigenvalue weighted by Gasteiger charge is 2.03. The van der Waals surface area contributed by atoms with E-state index in [1.54, 1.807) is 7.11 Å². The number of methoxy groups -OCH3 is 1. The number of likely N-dealkylation sites (N-methyl/N-ethyl adjacent to an activating group) is 1. The molecular formula is C9H21NO3. The number of ether oxygens (including phenoxy) is 2. The summed E-state index contributed by atoms with van der Waals surface area (Å²) in [4.78, 5) is 0. The summed E-state index contributed by atoms with van der Waals surface area (Å²) >= 11 is 0. The molecule has 0 bridgehead atoms. The van der Waals surface area contributed by atoms with Crippen molar-refractivity contribution < 1.29 is 14.6 Å². The van der Waals surface area contributed by atoms with Gasteiger partial charge in [0.15, 0.2) is 0 Å². The number of hydrogen-bond acceptors (Lipinski definition) is 4. The van der Waals surface area contributed by atoms with E-state index in [-0.39, 0.29) is 12.6 Å². The normalized spacial score (nSPS) is 13.2. The Kier molecular flexibility index (Phi) is 9.80. The Hall–Kier alpha value is -0.160. The van der Waals surface area contributed by atoms with E-state index in [1.807, 2.05) is 7.05 Å². The molecule has 80 valence electrons. The maximum atomic E-state index is 8.69. The molecule has 0 heterocycles. The van der Waals surface area contributed by atoms with Gasteiger partial charge in [0, 0.05) is 33.0 Å². The number of rotatable bonds is 9. The molecule has 0 aliphatic rings. The quantitative estimate of drug-likeness (QED) is 0.504. The summed E-state index contributed by atoms with van der Waals surface area (Å²) in [5.74, 6) is 0. The van der Waals surface area contributed by atoms with Gasteiger partial charge in [0.25, 0.3) is 0 Å². The first-order valence-electron chi connectivity index (χ1n) is 4.70. The van der Waals surface area contributed by atoms with Gasteiger partial charge in [-0.25, -0.2) is 0 Å². The van der Waals surface area contributed by atoms with E-state index >= 15 is 0 Å². The first-order valence-corrected chi connectivity index (χ1v) is 4.70. The Morgan fingerprint density at radius 3 is 2.69 bits per heavy atom. The molecule has 0 aromatic rings. The van der Waals surface area contributed by atoms with E-state index in [0.717, 1.165) is 26.1 Å². The molecular weight excluding hydrogens is 170 g/mol. The van der Waals surface area contributed by atoms with Gasteiger partial charge in [-0.05, 0) is 19.9 Å². The Morgan fingerprint density at radius 1 is 1.38 bits per heavy atom. The van der Waals surface area contributed by atoms with Crippen molar-refractivity contribution in [1.29, 1.82) is 0 Å². The van der Waals surface area contributed by atoms with Crippen molar-refractivity contribution in [3.8, 4) is 0 Å².